The first-order chi connectivity index (χ1) is 12.0. The molecule has 148 valence electrons. The van der Waals surface area contributed by atoms with Crippen LogP contribution in [-0.2, 0) is 19.2 Å². The predicted octanol–water partition coefficient (Wildman–Crippen LogP) is -0.316. The molecule has 26 heavy (non-hydrogen) atoms. The normalized spacial score (nSPS) is 20.2. The molecule has 0 unspecified atom stereocenters. The van der Waals surface area contributed by atoms with Crippen LogP contribution in [0.15, 0.2) is 0 Å². The minimum Gasteiger partial charge on any atom is -0.481 e. The predicted molar refractivity (Wildman–Crippen MR) is 86.9 cm³/mol. The number of nitrogens with one attached hydrogen (secondary N) is 1. The number of hydrogen-bond donors (Lipinski definition) is 5. The van der Waals surface area contributed by atoms with Gasteiger partial charge in [-0.15, -0.1) is 0 Å². The van der Waals surface area contributed by atoms with Crippen LogP contribution < -0.4 is 5.43 Å². The molecule has 11 heteroatoms. The highest BCUT2D eigenvalue weighted by Crippen LogP contribution is 2.23. The van der Waals surface area contributed by atoms with E-state index in [-0.39, 0.29) is 25.3 Å². The quantitative estimate of drug-likeness (QED) is 0.300. The highest BCUT2D eigenvalue weighted by Gasteiger charge is 2.42. The molecule has 1 rings (SSSR count). The smallest absolute Gasteiger partial charge is 0.323 e. The lowest BCUT2D eigenvalue weighted by Gasteiger charge is -2.40. The molecule has 0 aliphatic carbocycles. The van der Waals surface area contributed by atoms with E-state index in [0.717, 1.165) is 5.12 Å². The Labute approximate surface area is 150 Å². The third kappa shape index (κ3) is 5.93. The van der Waals surface area contributed by atoms with Crippen LogP contribution in [0.5, 0.6) is 0 Å². The molecule has 3 atom stereocenters. The molecule has 0 aromatic carbocycles. The molecule has 1 aliphatic heterocycles. The van der Waals surface area contributed by atoms with E-state index in [1.165, 1.54) is 5.01 Å². The molecule has 0 amide bonds. The van der Waals surface area contributed by atoms with Crippen LogP contribution in [0.3, 0.4) is 0 Å². The van der Waals surface area contributed by atoms with Crippen molar-refractivity contribution in [3.8, 4) is 0 Å². The zero-order valence-electron chi connectivity index (χ0n) is 14.7. The lowest BCUT2D eigenvalue weighted by Crippen LogP contribution is -2.64. The summed E-state index contributed by atoms with van der Waals surface area (Å²) in [5, 5.41) is 39.4. The summed E-state index contributed by atoms with van der Waals surface area (Å²) < 4.78 is 0. The van der Waals surface area contributed by atoms with Crippen molar-refractivity contribution in [1.29, 1.82) is 0 Å². The van der Waals surface area contributed by atoms with Gasteiger partial charge >= 0.3 is 23.9 Å². The van der Waals surface area contributed by atoms with Crippen LogP contribution in [-0.4, -0.2) is 79.1 Å². The fraction of sp³-hybridized carbons (Fsp3) is 0.733. The Hall–Kier alpha value is -2.24. The SMILES string of the molecule is CC(C)C[C@@H](C(=O)O)N(N[C@@H](CC(=O)O)C(=O)O)N1CCC[C@H]1C(=O)O. The highest BCUT2D eigenvalue weighted by molar-refractivity contribution is 5.80. The number of carboxylic acids is 4. The Kier molecular flexibility index (Phi) is 7.93. The van der Waals surface area contributed by atoms with Gasteiger partial charge in [0.2, 0.25) is 0 Å². The van der Waals surface area contributed by atoms with Crippen molar-refractivity contribution in [2.75, 3.05) is 6.54 Å². The molecule has 0 aromatic heterocycles. The monoisotopic (exact) mass is 375 g/mol. The Morgan fingerprint density at radius 1 is 1.12 bits per heavy atom. The zero-order valence-corrected chi connectivity index (χ0v) is 14.7. The average Bonchev–Trinajstić information content (AvgIpc) is 2.97. The molecular weight excluding hydrogens is 350 g/mol. The Morgan fingerprint density at radius 2 is 1.73 bits per heavy atom. The summed E-state index contributed by atoms with van der Waals surface area (Å²) in [6.07, 6.45) is 0.0913. The molecular formula is C15H25N3O8. The second-order valence-electron chi connectivity index (χ2n) is 6.61. The zero-order chi connectivity index (χ0) is 20.0. The van der Waals surface area contributed by atoms with Crippen LogP contribution in [0.2, 0.25) is 0 Å². The van der Waals surface area contributed by atoms with Gasteiger partial charge in [-0.1, -0.05) is 13.8 Å². The van der Waals surface area contributed by atoms with Gasteiger partial charge in [0.05, 0.1) is 6.42 Å². The van der Waals surface area contributed by atoms with Crippen molar-refractivity contribution < 1.29 is 39.6 Å². The summed E-state index contributed by atoms with van der Waals surface area (Å²) in [7, 11) is 0. The molecule has 0 saturated carbocycles. The molecule has 0 radical (unpaired) electrons. The Morgan fingerprint density at radius 3 is 2.15 bits per heavy atom. The first-order valence-corrected chi connectivity index (χ1v) is 8.26. The fourth-order valence-electron chi connectivity index (χ4n) is 2.88. The summed E-state index contributed by atoms with van der Waals surface area (Å²) in [5.74, 6) is -5.35. The maximum Gasteiger partial charge on any atom is 0.323 e. The molecule has 1 saturated heterocycles. The third-order valence-corrected chi connectivity index (χ3v) is 4.03. The average molecular weight is 375 g/mol. The van der Waals surface area contributed by atoms with Crippen LogP contribution in [0.1, 0.15) is 39.5 Å². The standard InChI is InChI=1S/C15H25N3O8/c1-8(2)6-11(15(25)26)18(16-9(13(21)22)7-12(19)20)17-5-3-4-10(17)14(23)24/h8-11,16H,3-7H2,1-2H3,(H,19,20)(H,21,22)(H,23,24)(H,25,26)/t9-,10-,11-/m0/s1. The topological polar surface area (TPSA) is 168 Å². The lowest BCUT2D eigenvalue weighted by atomic mass is 10.0. The van der Waals surface area contributed by atoms with E-state index in [0.29, 0.717) is 6.42 Å². The molecule has 5 N–H and O–H groups in total. The van der Waals surface area contributed by atoms with Crippen molar-refractivity contribution >= 4 is 23.9 Å². The minimum absolute atomic E-state index is 0.0750. The van der Waals surface area contributed by atoms with Crippen LogP contribution >= 0.6 is 0 Å². The minimum atomic E-state index is -1.60. The number of rotatable bonds is 11. The maximum absolute atomic E-state index is 11.8. The second-order valence-corrected chi connectivity index (χ2v) is 6.61. The summed E-state index contributed by atoms with van der Waals surface area (Å²) in [5.41, 5.74) is 2.43. The number of hydrogen-bond acceptors (Lipinski definition) is 7. The molecule has 1 heterocycles. The summed E-state index contributed by atoms with van der Waals surface area (Å²) in [6, 6.07) is -3.86. The lowest BCUT2D eigenvalue weighted by molar-refractivity contribution is -0.181. The maximum atomic E-state index is 11.8. The third-order valence-electron chi connectivity index (χ3n) is 4.03. The fourth-order valence-corrected chi connectivity index (χ4v) is 2.88. The largest absolute Gasteiger partial charge is 0.481 e. The van der Waals surface area contributed by atoms with Gasteiger partial charge in [0.1, 0.15) is 18.1 Å². The number of aliphatic carboxylic acids is 4. The van der Waals surface area contributed by atoms with E-state index in [4.69, 9.17) is 5.11 Å². The van der Waals surface area contributed by atoms with E-state index in [9.17, 15) is 34.5 Å². The molecule has 0 bridgehead atoms. The Balaban J connectivity index is 3.21. The van der Waals surface area contributed by atoms with Crippen molar-refractivity contribution in [2.24, 2.45) is 5.92 Å². The van der Waals surface area contributed by atoms with Gasteiger partial charge in [0.25, 0.3) is 0 Å². The number of hydrazine groups is 2. The van der Waals surface area contributed by atoms with E-state index < -0.39 is 48.4 Å². The number of carbonyl (C=O) groups is 4. The number of carboxylic acid groups (broad SMARTS) is 4. The first kappa shape index (κ1) is 21.8. The van der Waals surface area contributed by atoms with E-state index >= 15 is 0 Å². The number of nitrogens with zero attached hydrogens (tertiary/aromatic N) is 2. The highest BCUT2D eigenvalue weighted by atomic mass is 16.4. The second kappa shape index (κ2) is 9.46. The van der Waals surface area contributed by atoms with Gasteiger partial charge in [-0.25, -0.2) is 10.4 Å². The van der Waals surface area contributed by atoms with Crippen LogP contribution in [0.4, 0.5) is 0 Å². The van der Waals surface area contributed by atoms with Gasteiger partial charge in [-0.3, -0.25) is 19.2 Å². The van der Waals surface area contributed by atoms with Gasteiger partial charge < -0.3 is 20.4 Å². The van der Waals surface area contributed by atoms with Crippen molar-refractivity contribution in [1.82, 2.24) is 15.6 Å². The van der Waals surface area contributed by atoms with Gasteiger partial charge in [0, 0.05) is 6.54 Å². The van der Waals surface area contributed by atoms with E-state index in [1.807, 2.05) is 0 Å². The molecule has 0 aromatic rings. The van der Waals surface area contributed by atoms with Gasteiger partial charge in [-0.05, 0) is 25.2 Å². The first-order valence-electron chi connectivity index (χ1n) is 8.26. The van der Waals surface area contributed by atoms with Crippen LogP contribution in [0, 0.1) is 5.92 Å². The van der Waals surface area contributed by atoms with Gasteiger partial charge in [-0.2, -0.15) is 5.12 Å². The van der Waals surface area contributed by atoms with E-state index in [2.05, 4.69) is 5.43 Å². The summed E-state index contributed by atoms with van der Waals surface area (Å²) in [4.78, 5) is 45.5. The van der Waals surface area contributed by atoms with Crippen molar-refractivity contribution in [3.63, 3.8) is 0 Å². The molecule has 1 aliphatic rings. The molecule has 11 nitrogen and oxygen atoms in total. The van der Waals surface area contributed by atoms with Crippen molar-refractivity contribution in [2.45, 2.75) is 57.7 Å². The molecule has 1 fully saturated rings. The summed E-state index contributed by atoms with van der Waals surface area (Å²) in [6.45, 7) is 3.77. The van der Waals surface area contributed by atoms with Crippen LogP contribution in [0.25, 0.3) is 0 Å². The van der Waals surface area contributed by atoms with E-state index in [1.54, 1.807) is 13.8 Å². The van der Waals surface area contributed by atoms with Crippen molar-refractivity contribution in [3.05, 3.63) is 0 Å². The van der Waals surface area contributed by atoms with Gasteiger partial charge in [0.15, 0.2) is 0 Å². The molecule has 0 spiro atoms. The Bertz CT molecular complexity index is 553. The summed E-state index contributed by atoms with van der Waals surface area (Å²) >= 11 is 0.